The second kappa shape index (κ2) is 43.5. The molecule has 105 heavy (non-hydrogen) atoms. The van der Waals surface area contributed by atoms with Crippen molar-refractivity contribution in [3.63, 3.8) is 0 Å². The van der Waals surface area contributed by atoms with E-state index in [0.29, 0.717) is 96.3 Å². The van der Waals surface area contributed by atoms with Crippen molar-refractivity contribution >= 4 is 77.6 Å². The minimum absolute atomic E-state index is 0.000987. The van der Waals surface area contributed by atoms with Crippen LogP contribution < -0.4 is 28.4 Å². The summed E-state index contributed by atoms with van der Waals surface area (Å²) in [7, 11) is 0. The monoisotopic (exact) mass is 1460 g/mol. The molecule has 0 N–H and O–H groups in total. The molecule has 26 nitrogen and oxygen atoms in total. The van der Waals surface area contributed by atoms with Gasteiger partial charge < -0.3 is 61.6 Å². The molecule has 0 bridgehead atoms. The summed E-state index contributed by atoms with van der Waals surface area (Å²) in [6, 6.07) is 12.0. The molecular weight excluding hydrogens is 1360 g/mol. The van der Waals surface area contributed by atoms with Crippen molar-refractivity contribution in [1.82, 2.24) is 0 Å². The molecular formula is C79H98O26. The molecule has 0 aliphatic heterocycles. The second-order valence-corrected chi connectivity index (χ2v) is 26.7. The summed E-state index contributed by atoms with van der Waals surface area (Å²) in [6.07, 6.45) is 12.8. The highest BCUT2D eigenvalue weighted by Gasteiger charge is 2.38. The number of benzene rings is 3. The molecule has 0 spiro atoms. The zero-order chi connectivity index (χ0) is 75.6. The summed E-state index contributed by atoms with van der Waals surface area (Å²) in [5, 5.41) is 0. The van der Waals surface area contributed by atoms with Crippen molar-refractivity contribution in [2.45, 2.75) is 188 Å². The van der Waals surface area contributed by atoms with Crippen LogP contribution in [0.25, 0.3) is 0 Å². The minimum atomic E-state index is -0.822. The van der Waals surface area contributed by atoms with E-state index in [-0.39, 0.29) is 161 Å². The molecule has 4 saturated carbocycles. The van der Waals surface area contributed by atoms with Gasteiger partial charge in [-0.15, -0.1) is 0 Å². The molecule has 3 aromatic carbocycles. The van der Waals surface area contributed by atoms with Gasteiger partial charge in [-0.2, -0.15) is 0 Å². The van der Waals surface area contributed by atoms with E-state index in [9.17, 15) is 62.3 Å². The Balaban J connectivity index is 0.880. The molecule has 570 valence electrons. The predicted octanol–water partition coefficient (Wildman–Crippen LogP) is 12.7. The van der Waals surface area contributed by atoms with Crippen LogP contribution >= 0.6 is 0 Å². The van der Waals surface area contributed by atoms with Crippen LogP contribution in [0.3, 0.4) is 0 Å². The molecule has 0 heterocycles. The largest absolute Gasteiger partial charge is 0.465 e. The number of esters is 13. The van der Waals surface area contributed by atoms with Crippen LogP contribution in [-0.4, -0.2) is 124 Å². The third-order valence-electron chi connectivity index (χ3n) is 19.0. The van der Waals surface area contributed by atoms with Crippen LogP contribution in [0.1, 0.15) is 219 Å². The molecule has 0 amide bonds. The first kappa shape index (κ1) is 82.5. The molecule has 0 unspecified atom stereocenters. The van der Waals surface area contributed by atoms with E-state index in [4.69, 9.17) is 61.6 Å². The summed E-state index contributed by atoms with van der Waals surface area (Å²) in [5.41, 5.74) is -0.427. The Morgan fingerprint density at radius 3 is 0.724 bits per heavy atom. The first-order chi connectivity index (χ1) is 50.7. The lowest BCUT2D eigenvalue weighted by Crippen LogP contribution is -2.31. The first-order valence-corrected chi connectivity index (χ1v) is 36.9. The Morgan fingerprint density at radius 1 is 0.286 bits per heavy atom. The maximum absolute atomic E-state index is 13.8. The summed E-state index contributed by atoms with van der Waals surface area (Å²) in [5.74, 6) is -12.8. The van der Waals surface area contributed by atoms with Crippen molar-refractivity contribution in [2.24, 2.45) is 47.3 Å². The lowest BCUT2D eigenvalue weighted by atomic mass is 9.82. The molecule has 3 aromatic rings. The van der Waals surface area contributed by atoms with Gasteiger partial charge in [0, 0.05) is 12.2 Å². The fourth-order valence-corrected chi connectivity index (χ4v) is 12.5. The molecule has 4 aliphatic rings. The highest BCUT2D eigenvalue weighted by Crippen LogP contribution is 2.39. The zero-order valence-corrected chi connectivity index (χ0v) is 60.3. The molecule has 4 fully saturated rings. The van der Waals surface area contributed by atoms with Crippen LogP contribution in [-0.2, 0) is 81.1 Å². The third-order valence-corrected chi connectivity index (χ3v) is 19.0. The third kappa shape index (κ3) is 26.4. The number of carbonyl (C=O) groups excluding carboxylic acids is 13. The van der Waals surface area contributed by atoms with E-state index in [1.807, 2.05) is 20.8 Å². The lowest BCUT2D eigenvalue weighted by molar-refractivity contribution is -0.152. The van der Waals surface area contributed by atoms with Crippen molar-refractivity contribution in [3.05, 3.63) is 96.6 Å². The van der Waals surface area contributed by atoms with Gasteiger partial charge in [0.1, 0.15) is 51.2 Å². The van der Waals surface area contributed by atoms with Gasteiger partial charge in [0.25, 0.3) is 0 Å². The number of carbonyl (C=O) groups is 13. The Labute approximate surface area is 611 Å². The van der Waals surface area contributed by atoms with Gasteiger partial charge in [0.15, 0.2) is 0 Å². The number of unbranched alkanes of at least 4 members (excludes halogenated alkanes) is 5. The van der Waals surface area contributed by atoms with Crippen LogP contribution in [0.15, 0.2) is 79.9 Å². The maximum atomic E-state index is 13.8. The van der Waals surface area contributed by atoms with Gasteiger partial charge in [0.05, 0.1) is 93.6 Å². The second-order valence-electron chi connectivity index (χ2n) is 26.7. The van der Waals surface area contributed by atoms with E-state index in [2.05, 4.69) is 13.2 Å². The Bertz CT molecular complexity index is 3520. The topological polar surface area (TPSA) is 342 Å². The summed E-state index contributed by atoms with van der Waals surface area (Å²) in [6.45, 7) is 13.4. The first-order valence-electron chi connectivity index (χ1n) is 36.9. The van der Waals surface area contributed by atoms with Gasteiger partial charge in [-0.3, -0.25) is 38.4 Å². The average Bonchev–Trinajstić information content (AvgIpc) is 0.829. The molecule has 0 saturated heterocycles. The van der Waals surface area contributed by atoms with Gasteiger partial charge >= 0.3 is 77.6 Å². The van der Waals surface area contributed by atoms with Gasteiger partial charge in [-0.05, 0) is 202 Å². The van der Waals surface area contributed by atoms with Crippen LogP contribution in [0, 0.1) is 47.3 Å². The number of hydrogen-bond donors (Lipinski definition) is 0. The normalized spacial score (nSPS) is 19.8. The fourth-order valence-electron chi connectivity index (χ4n) is 12.5. The highest BCUT2D eigenvalue weighted by atomic mass is 16.6. The predicted molar refractivity (Wildman–Crippen MR) is 373 cm³/mol. The van der Waals surface area contributed by atoms with Crippen molar-refractivity contribution in [1.29, 1.82) is 0 Å². The summed E-state index contributed by atoms with van der Waals surface area (Å²) >= 11 is 0. The van der Waals surface area contributed by atoms with E-state index < -0.39 is 113 Å². The van der Waals surface area contributed by atoms with Crippen molar-refractivity contribution in [2.75, 3.05) is 46.2 Å². The molecule has 0 radical (unpaired) electrons. The standard InChI is InChI=1S/C79H98O26/c1-6-11-40-97-77(90)61-47-58(34-37-64(61)103-74(87)55-22-18-50(19-23-55)69(82)95-45-16-14-43-93-67(80)9-4)100-71(84)52-26-28-53(29-27-52)72(85)101-59-36-39-66(63(48-59)79(92)99-42-13-8-3)105-76(89)57-32-30-54(31-33-57)73(86)102-60-35-38-65(62(49-60)78(91)98-41-12-7-2)104-75(88)56-24-20-51(21-25-56)70(83)96-46-17-15-44-94-68(81)10-5/h9-10,34-39,47-57H,4-8,11-33,40-46H2,1-3H3. The zero-order valence-electron chi connectivity index (χ0n) is 60.3. The Kier molecular flexibility index (Phi) is 34.2. The minimum Gasteiger partial charge on any atom is -0.465 e. The van der Waals surface area contributed by atoms with Crippen molar-refractivity contribution in [3.8, 4) is 34.5 Å². The number of hydrogen-bond acceptors (Lipinski definition) is 26. The number of ether oxygens (including phenoxy) is 13. The Hall–Kier alpha value is -9.75. The molecule has 0 atom stereocenters. The highest BCUT2D eigenvalue weighted by molar-refractivity contribution is 5.96. The fraction of sp³-hybridized carbons (Fsp3) is 0.557. The molecule has 4 aliphatic carbocycles. The molecule has 7 rings (SSSR count). The van der Waals surface area contributed by atoms with Crippen LogP contribution in [0.2, 0.25) is 0 Å². The number of rotatable bonds is 38. The van der Waals surface area contributed by atoms with Crippen LogP contribution in [0.4, 0.5) is 0 Å². The van der Waals surface area contributed by atoms with Gasteiger partial charge in [0.2, 0.25) is 0 Å². The van der Waals surface area contributed by atoms with Gasteiger partial charge in [-0.1, -0.05) is 53.2 Å². The quantitative estimate of drug-likeness (QED) is 0.0169. The molecule has 0 aromatic heterocycles. The average molecular weight is 1460 g/mol. The SMILES string of the molecule is C=CC(=O)OCCCCOC(=O)C1CCC(C(=O)Oc2ccc(OC(=O)C3CCC(C(=O)Oc4ccc(OC(=O)C5CCC(C(=O)Oc6ccc(OC(=O)C7CCC(C(=O)OCCCCOC(=O)C=C)CC7)c(C(=O)OCCCC)c6)CC5)c(C(=O)OCCCC)c4)CC3)cc2C(=O)OCCCC)CC1. The van der Waals surface area contributed by atoms with E-state index in [1.165, 1.54) is 54.6 Å². The Morgan fingerprint density at radius 2 is 0.495 bits per heavy atom. The summed E-state index contributed by atoms with van der Waals surface area (Å²) < 4.78 is 71.9. The summed E-state index contributed by atoms with van der Waals surface area (Å²) in [4.78, 5) is 170. The van der Waals surface area contributed by atoms with Gasteiger partial charge in [-0.25, -0.2) is 24.0 Å². The van der Waals surface area contributed by atoms with E-state index in [0.717, 1.165) is 31.4 Å². The van der Waals surface area contributed by atoms with E-state index in [1.54, 1.807) is 0 Å². The smallest absolute Gasteiger partial charge is 0.342 e. The van der Waals surface area contributed by atoms with Crippen molar-refractivity contribution < 1.29 is 124 Å². The molecule has 26 heteroatoms. The maximum Gasteiger partial charge on any atom is 0.342 e. The van der Waals surface area contributed by atoms with Crippen LogP contribution in [0.5, 0.6) is 34.5 Å². The van der Waals surface area contributed by atoms with E-state index >= 15 is 0 Å². The lowest BCUT2D eigenvalue weighted by Gasteiger charge is -2.26.